The predicted molar refractivity (Wildman–Crippen MR) is 104 cm³/mol. The number of benzene rings is 1. The largest absolute Gasteiger partial charge is 0.497 e. The van der Waals surface area contributed by atoms with Crippen LogP contribution in [0.4, 0.5) is 0 Å². The van der Waals surface area contributed by atoms with Gasteiger partial charge in [-0.25, -0.2) is 0 Å². The van der Waals surface area contributed by atoms with E-state index in [2.05, 4.69) is 48.1 Å². The Bertz CT molecular complexity index is 623. The van der Waals surface area contributed by atoms with E-state index in [-0.39, 0.29) is 0 Å². The third-order valence-electron chi connectivity index (χ3n) is 5.29. The summed E-state index contributed by atoms with van der Waals surface area (Å²) in [7, 11) is 3.82. The molecule has 24 heavy (non-hydrogen) atoms. The summed E-state index contributed by atoms with van der Waals surface area (Å²) in [6.07, 6.45) is 7.76. The van der Waals surface area contributed by atoms with Gasteiger partial charge in [-0.1, -0.05) is 18.6 Å². The molecule has 2 nitrogen and oxygen atoms in total. The number of fused-ring (bicyclic) bond motifs is 1. The summed E-state index contributed by atoms with van der Waals surface area (Å²) in [4.78, 5) is 1.53. The zero-order chi connectivity index (χ0) is 16.8. The standard InChI is InChI=1S/C21H29NOS/c1-22-15-18(21-10-5-13-24-21)9-4-7-16-6-3-8-17-14-19(23-2)11-12-20(16)17/h5,10-14,16,18,22H,3-4,6-9,15H2,1-2H3. The van der Waals surface area contributed by atoms with Crippen molar-refractivity contribution in [1.82, 2.24) is 5.32 Å². The molecule has 0 fully saturated rings. The quantitative estimate of drug-likeness (QED) is 0.697. The van der Waals surface area contributed by atoms with Crippen LogP contribution in [0.1, 0.15) is 59.9 Å². The molecule has 1 aliphatic rings. The van der Waals surface area contributed by atoms with E-state index in [0.29, 0.717) is 5.92 Å². The van der Waals surface area contributed by atoms with Crippen LogP contribution >= 0.6 is 11.3 Å². The molecule has 2 atom stereocenters. The molecule has 0 radical (unpaired) electrons. The van der Waals surface area contributed by atoms with Gasteiger partial charge in [0.25, 0.3) is 0 Å². The van der Waals surface area contributed by atoms with E-state index >= 15 is 0 Å². The lowest BCUT2D eigenvalue weighted by molar-refractivity contribution is 0.412. The van der Waals surface area contributed by atoms with Crippen molar-refractivity contribution >= 4 is 11.3 Å². The predicted octanol–water partition coefficient (Wildman–Crippen LogP) is 5.35. The first-order chi connectivity index (χ1) is 11.8. The Hall–Kier alpha value is -1.32. The van der Waals surface area contributed by atoms with Crippen molar-refractivity contribution in [2.24, 2.45) is 0 Å². The van der Waals surface area contributed by atoms with E-state index in [0.717, 1.165) is 18.2 Å². The molecule has 0 bridgehead atoms. The molecule has 3 rings (SSSR count). The molecule has 3 heteroatoms. The maximum Gasteiger partial charge on any atom is 0.119 e. The smallest absolute Gasteiger partial charge is 0.119 e. The fraction of sp³-hybridized carbons (Fsp3) is 0.524. The molecule has 1 N–H and O–H groups in total. The van der Waals surface area contributed by atoms with Gasteiger partial charge >= 0.3 is 0 Å². The minimum absolute atomic E-state index is 0.661. The average molecular weight is 344 g/mol. The number of thiophene rings is 1. The van der Waals surface area contributed by atoms with Gasteiger partial charge in [-0.2, -0.15) is 0 Å². The highest BCUT2D eigenvalue weighted by atomic mass is 32.1. The molecule has 130 valence electrons. The minimum atomic E-state index is 0.661. The van der Waals surface area contributed by atoms with Crippen LogP contribution in [-0.2, 0) is 6.42 Å². The number of nitrogens with one attached hydrogen (secondary N) is 1. The van der Waals surface area contributed by atoms with E-state index in [1.165, 1.54) is 49.0 Å². The third kappa shape index (κ3) is 4.20. The molecule has 0 amide bonds. The van der Waals surface area contributed by atoms with Crippen molar-refractivity contribution < 1.29 is 4.74 Å². The summed E-state index contributed by atoms with van der Waals surface area (Å²) < 4.78 is 5.39. The van der Waals surface area contributed by atoms with Crippen molar-refractivity contribution in [2.75, 3.05) is 20.7 Å². The molecule has 1 aromatic heterocycles. The molecular weight excluding hydrogens is 314 g/mol. The average Bonchev–Trinajstić information content (AvgIpc) is 3.15. The number of likely N-dealkylation sites (N-methyl/N-ethyl adjacent to an activating group) is 1. The van der Waals surface area contributed by atoms with Crippen LogP contribution in [0.5, 0.6) is 5.75 Å². The zero-order valence-corrected chi connectivity index (χ0v) is 15.7. The van der Waals surface area contributed by atoms with E-state index in [4.69, 9.17) is 4.74 Å². The summed E-state index contributed by atoms with van der Waals surface area (Å²) in [6.45, 7) is 1.08. The van der Waals surface area contributed by atoms with Gasteiger partial charge in [0, 0.05) is 17.3 Å². The van der Waals surface area contributed by atoms with Gasteiger partial charge in [0.1, 0.15) is 5.75 Å². The molecule has 1 aromatic carbocycles. The highest BCUT2D eigenvalue weighted by Crippen LogP contribution is 2.37. The Morgan fingerprint density at radius 2 is 2.25 bits per heavy atom. The first-order valence-corrected chi connectivity index (χ1v) is 10.0. The lowest BCUT2D eigenvalue weighted by Gasteiger charge is -2.26. The Morgan fingerprint density at radius 3 is 3.00 bits per heavy atom. The van der Waals surface area contributed by atoms with Gasteiger partial charge in [0.15, 0.2) is 0 Å². The van der Waals surface area contributed by atoms with Crippen molar-refractivity contribution in [3.8, 4) is 5.75 Å². The van der Waals surface area contributed by atoms with Gasteiger partial charge in [-0.05, 0) is 79.8 Å². The van der Waals surface area contributed by atoms with Crippen LogP contribution in [0.15, 0.2) is 35.7 Å². The molecule has 2 aromatic rings. The van der Waals surface area contributed by atoms with Gasteiger partial charge in [0.2, 0.25) is 0 Å². The molecule has 0 spiro atoms. The second-order valence-corrected chi connectivity index (χ2v) is 7.83. The normalized spacial score (nSPS) is 18.2. The van der Waals surface area contributed by atoms with Crippen molar-refractivity contribution in [1.29, 1.82) is 0 Å². The number of methoxy groups -OCH3 is 1. The molecule has 1 aliphatic carbocycles. The maximum atomic E-state index is 5.39. The van der Waals surface area contributed by atoms with Crippen LogP contribution in [0.2, 0.25) is 0 Å². The Morgan fingerprint density at radius 1 is 1.33 bits per heavy atom. The van der Waals surface area contributed by atoms with Crippen LogP contribution in [-0.4, -0.2) is 20.7 Å². The van der Waals surface area contributed by atoms with E-state index < -0.39 is 0 Å². The summed E-state index contributed by atoms with van der Waals surface area (Å²) in [6, 6.07) is 11.1. The highest BCUT2D eigenvalue weighted by molar-refractivity contribution is 7.10. The van der Waals surface area contributed by atoms with Crippen molar-refractivity contribution in [3.63, 3.8) is 0 Å². The maximum absolute atomic E-state index is 5.39. The number of hydrogen-bond acceptors (Lipinski definition) is 3. The van der Waals surface area contributed by atoms with Gasteiger partial charge in [0.05, 0.1) is 7.11 Å². The minimum Gasteiger partial charge on any atom is -0.497 e. The monoisotopic (exact) mass is 343 g/mol. The SMILES string of the molecule is CNCC(CCCC1CCCc2cc(OC)ccc21)c1cccs1. The lowest BCUT2D eigenvalue weighted by atomic mass is 9.79. The molecule has 2 unspecified atom stereocenters. The summed E-state index contributed by atoms with van der Waals surface area (Å²) in [5.74, 6) is 2.40. The topological polar surface area (TPSA) is 21.3 Å². The molecule has 0 saturated carbocycles. The fourth-order valence-electron chi connectivity index (χ4n) is 4.04. The summed E-state index contributed by atoms with van der Waals surface area (Å²) >= 11 is 1.90. The first-order valence-electron chi connectivity index (χ1n) is 9.16. The second kappa shape index (κ2) is 8.68. The Kier molecular flexibility index (Phi) is 6.33. The van der Waals surface area contributed by atoms with Crippen LogP contribution < -0.4 is 10.1 Å². The molecule has 0 aliphatic heterocycles. The molecular formula is C21H29NOS. The van der Waals surface area contributed by atoms with Crippen LogP contribution in [0, 0.1) is 0 Å². The summed E-state index contributed by atoms with van der Waals surface area (Å²) in [5, 5.41) is 5.56. The van der Waals surface area contributed by atoms with Gasteiger partial charge in [-0.15, -0.1) is 11.3 Å². The van der Waals surface area contributed by atoms with E-state index in [1.54, 1.807) is 12.7 Å². The number of rotatable bonds is 8. The van der Waals surface area contributed by atoms with Crippen LogP contribution in [0.25, 0.3) is 0 Å². The lowest BCUT2D eigenvalue weighted by Crippen LogP contribution is -2.17. The van der Waals surface area contributed by atoms with Gasteiger partial charge in [-0.3, -0.25) is 0 Å². The highest BCUT2D eigenvalue weighted by Gasteiger charge is 2.21. The molecule has 1 heterocycles. The summed E-state index contributed by atoms with van der Waals surface area (Å²) in [5.41, 5.74) is 3.08. The Labute approximate surface area is 150 Å². The number of aryl methyl sites for hydroxylation is 1. The van der Waals surface area contributed by atoms with Gasteiger partial charge < -0.3 is 10.1 Å². The van der Waals surface area contributed by atoms with Crippen molar-refractivity contribution in [2.45, 2.75) is 50.4 Å². The van der Waals surface area contributed by atoms with E-state index in [9.17, 15) is 0 Å². The van der Waals surface area contributed by atoms with Crippen LogP contribution in [0.3, 0.4) is 0 Å². The third-order valence-corrected chi connectivity index (χ3v) is 6.32. The second-order valence-electron chi connectivity index (χ2n) is 6.85. The fourth-order valence-corrected chi connectivity index (χ4v) is 4.91. The number of ether oxygens (including phenoxy) is 1. The number of hydrogen-bond donors (Lipinski definition) is 1. The molecule has 0 saturated heterocycles. The van der Waals surface area contributed by atoms with Crippen molar-refractivity contribution in [3.05, 3.63) is 51.7 Å². The first kappa shape index (κ1) is 17.5. The van der Waals surface area contributed by atoms with E-state index in [1.807, 2.05) is 11.3 Å². The zero-order valence-electron chi connectivity index (χ0n) is 14.9. The Balaban J connectivity index is 1.59.